The molecule has 1 atom stereocenters. The van der Waals surface area contributed by atoms with Crippen molar-refractivity contribution in [3.05, 3.63) is 42.0 Å². The molecule has 1 aromatic carbocycles. The van der Waals surface area contributed by atoms with E-state index in [2.05, 4.69) is 43.9 Å². The molecule has 0 aromatic heterocycles. The molecule has 1 rings (SSSR count). The van der Waals surface area contributed by atoms with Crippen molar-refractivity contribution in [2.45, 2.75) is 52.7 Å². The Bertz CT molecular complexity index is 398. The minimum atomic E-state index is 0.207. The number of rotatable bonds is 8. The van der Waals surface area contributed by atoms with Crippen LogP contribution in [-0.4, -0.2) is 12.6 Å². The van der Waals surface area contributed by atoms with Gasteiger partial charge in [-0.25, -0.2) is 0 Å². The van der Waals surface area contributed by atoms with Crippen LogP contribution in [0, 0.1) is 0 Å². The summed E-state index contributed by atoms with van der Waals surface area (Å²) in [7, 11) is 0. The molecule has 0 aliphatic rings. The van der Waals surface area contributed by atoms with Gasteiger partial charge in [0, 0.05) is 6.04 Å². The molecule has 0 saturated carbocycles. The van der Waals surface area contributed by atoms with Crippen LogP contribution >= 0.6 is 0 Å². The smallest absolute Gasteiger partial charge is 0.120 e. The standard InChI is InChI=1S/C17H27NO/c1-6-10-18-17(11-13(2)3)15-8-7-9-16(12-15)19-14(4)5/h7-9,12,14,17-18H,2,6,10-11H2,1,3-5H3. The van der Waals surface area contributed by atoms with Crippen LogP contribution in [-0.2, 0) is 0 Å². The first-order valence-electron chi connectivity index (χ1n) is 7.17. The predicted molar refractivity (Wildman–Crippen MR) is 82.7 cm³/mol. The summed E-state index contributed by atoms with van der Waals surface area (Å²) in [4.78, 5) is 0. The topological polar surface area (TPSA) is 21.3 Å². The molecule has 0 aliphatic carbocycles. The van der Waals surface area contributed by atoms with Crippen molar-refractivity contribution in [3.63, 3.8) is 0 Å². The Morgan fingerprint density at radius 3 is 2.68 bits per heavy atom. The second-order valence-corrected chi connectivity index (χ2v) is 5.41. The fourth-order valence-electron chi connectivity index (χ4n) is 2.05. The first-order valence-corrected chi connectivity index (χ1v) is 7.17. The van der Waals surface area contributed by atoms with Gasteiger partial charge in [-0.05, 0) is 57.9 Å². The highest BCUT2D eigenvalue weighted by Crippen LogP contribution is 2.24. The van der Waals surface area contributed by atoms with Crippen LogP contribution in [0.25, 0.3) is 0 Å². The lowest BCUT2D eigenvalue weighted by molar-refractivity contribution is 0.242. The van der Waals surface area contributed by atoms with Crippen molar-refractivity contribution >= 4 is 0 Å². The summed E-state index contributed by atoms with van der Waals surface area (Å²) in [6.45, 7) is 13.4. The van der Waals surface area contributed by atoms with Gasteiger partial charge < -0.3 is 10.1 Å². The van der Waals surface area contributed by atoms with E-state index in [0.29, 0.717) is 6.04 Å². The van der Waals surface area contributed by atoms with Crippen molar-refractivity contribution in [1.82, 2.24) is 5.32 Å². The van der Waals surface area contributed by atoms with Gasteiger partial charge in [-0.15, -0.1) is 6.58 Å². The molecule has 0 spiro atoms. The Balaban J connectivity index is 2.84. The normalized spacial score (nSPS) is 12.5. The molecule has 0 fully saturated rings. The van der Waals surface area contributed by atoms with E-state index >= 15 is 0 Å². The number of benzene rings is 1. The lowest BCUT2D eigenvalue weighted by Gasteiger charge is -2.20. The van der Waals surface area contributed by atoms with Gasteiger partial charge in [-0.3, -0.25) is 0 Å². The fraction of sp³-hybridized carbons (Fsp3) is 0.529. The van der Waals surface area contributed by atoms with Crippen LogP contribution in [0.3, 0.4) is 0 Å². The maximum Gasteiger partial charge on any atom is 0.120 e. The Kier molecular flexibility index (Phi) is 6.65. The molecule has 0 saturated heterocycles. The van der Waals surface area contributed by atoms with E-state index < -0.39 is 0 Å². The highest BCUT2D eigenvalue weighted by Gasteiger charge is 2.11. The number of hydrogen-bond donors (Lipinski definition) is 1. The lowest BCUT2D eigenvalue weighted by Crippen LogP contribution is -2.22. The molecular formula is C17H27NO. The summed E-state index contributed by atoms with van der Waals surface area (Å²) in [6, 6.07) is 8.70. The SMILES string of the molecule is C=C(C)CC(NCCC)c1cccc(OC(C)C)c1. The third-order valence-electron chi connectivity index (χ3n) is 2.83. The molecule has 1 aromatic rings. The first-order chi connectivity index (χ1) is 9.02. The predicted octanol–water partition coefficient (Wildman–Crippen LogP) is 4.48. The van der Waals surface area contributed by atoms with Gasteiger partial charge in [0.25, 0.3) is 0 Å². The summed E-state index contributed by atoms with van der Waals surface area (Å²) in [6.07, 6.45) is 2.30. The highest BCUT2D eigenvalue weighted by atomic mass is 16.5. The minimum Gasteiger partial charge on any atom is -0.491 e. The Hall–Kier alpha value is -1.28. The van der Waals surface area contributed by atoms with Gasteiger partial charge in [-0.2, -0.15) is 0 Å². The van der Waals surface area contributed by atoms with E-state index in [9.17, 15) is 0 Å². The second-order valence-electron chi connectivity index (χ2n) is 5.41. The van der Waals surface area contributed by atoms with E-state index in [0.717, 1.165) is 25.1 Å². The van der Waals surface area contributed by atoms with E-state index in [-0.39, 0.29) is 6.10 Å². The van der Waals surface area contributed by atoms with Crippen LogP contribution in [0.2, 0.25) is 0 Å². The number of nitrogens with one attached hydrogen (secondary N) is 1. The zero-order chi connectivity index (χ0) is 14.3. The zero-order valence-corrected chi connectivity index (χ0v) is 12.7. The average molecular weight is 261 g/mol. The molecule has 0 heterocycles. The fourth-order valence-corrected chi connectivity index (χ4v) is 2.05. The van der Waals surface area contributed by atoms with E-state index in [1.165, 1.54) is 11.1 Å². The lowest BCUT2D eigenvalue weighted by atomic mass is 10.00. The molecule has 1 unspecified atom stereocenters. The zero-order valence-electron chi connectivity index (χ0n) is 12.7. The van der Waals surface area contributed by atoms with Crippen LogP contribution < -0.4 is 10.1 Å². The van der Waals surface area contributed by atoms with Crippen molar-refractivity contribution < 1.29 is 4.74 Å². The summed E-state index contributed by atoms with van der Waals surface area (Å²) in [5.74, 6) is 0.942. The van der Waals surface area contributed by atoms with E-state index in [1.807, 2.05) is 19.9 Å². The molecule has 0 radical (unpaired) electrons. The molecule has 1 N–H and O–H groups in total. The number of ether oxygens (including phenoxy) is 1. The maximum absolute atomic E-state index is 5.76. The minimum absolute atomic E-state index is 0.207. The largest absolute Gasteiger partial charge is 0.491 e. The molecule has 0 amide bonds. The van der Waals surface area contributed by atoms with Crippen molar-refractivity contribution in [3.8, 4) is 5.75 Å². The molecule has 2 heteroatoms. The average Bonchev–Trinajstić information content (AvgIpc) is 2.33. The van der Waals surface area contributed by atoms with Crippen molar-refractivity contribution in [1.29, 1.82) is 0 Å². The van der Waals surface area contributed by atoms with E-state index in [4.69, 9.17) is 4.74 Å². The van der Waals surface area contributed by atoms with Crippen molar-refractivity contribution in [2.24, 2.45) is 0 Å². The monoisotopic (exact) mass is 261 g/mol. The second kappa shape index (κ2) is 8.00. The van der Waals surface area contributed by atoms with Crippen LogP contribution in [0.5, 0.6) is 5.75 Å². The quantitative estimate of drug-likeness (QED) is 0.697. The van der Waals surface area contributed by atoms with E-state index in [1.54, 1.807) is 0 Å². The summed E-state index contributed by atoms with van der Waals surface area (Å²) in [5.41, 5.74) is 2.47. The highest BCUT2D eigenvalue weighted by molar-refractivity contribution is 5.31. The Morgan fingerprint density at radius 1 is 1.37 bits per heavy atom. The molecule has 0 aliphatic heterocycles. The van der Waals surface area contributed by atoms with Gasteiger partial charge in [0.1, 0.15) is 5.75 Å². The third kappa shape index (κ3) is 5.93. The summed E-state index contributed by atoms with van der Waals surface area (Å²) < 4.78 is 5.76. The van der Waals surface area contributed by atoms with Gasteiger partial charge in [-0.1, -0.05) is 24.6 Å². The van der Waals surface area contributed by atoms with Gasteiger partial charge in [0.2, 0.25) is 0 Å². The van der Waals surface area contributed by atoms with Crippen molar-refractivity contribution in [2.75, 3.05) is 6.54 Å². The molecule has 106 valence electrons. The molecule has 0 bridgehead atoms. The molecular weight excluding hydrogens is 234 g/mol. The molecule has 19 heavy (non-hydrogen) atoms. The first kappa shape index (κ1) is 15.8. The van der Waals surface area contributed by atoms with Crippen LogP contribution in [0.1, 0.15) is 52.1 Å². The van der Waals surface area contributed by atoms with Gasteiger partial charge >= 0.3 is 0 Å². The van der Waals surface area contributed by atoms with Gasteiger partial charge in [0.15, 0.2) is 0 Å². The van der Waals surface area contributed by atoms with Gasteiger partial charge in [0.05, 0.1) is 6.10 Å². The third-order valence-corrected chi connectivity index (χ3v) is 2.83. The molecule has 2 nitrogen and oxygen atoms in total. The Morgan fingerprint density at radius 2 is 2.11 bits per heavy atom. The maximum atomic E-state index is 5.76. The van der Waals surface area contributed by atoms with Crippen LogP contribution in [0.4, 0.5) is 0 Å². The summed E-state index contributed by atoms with van der Waals surface area (Å²) >= 11 is 0. The number of hydrogen-bond acceptors (Lipinski definition) is 2. The van der Waals surface area contributed by atoms with Crippen LogP contribution in [0.15, 0.2) is 36.4 Å². The Labute approximate surface area is 117 Å². The summed E-state index contributed by atoms with van der Waals surface area (Å²) in [5, 5.41) is 3.58.